The van der Waals surface area contributed by atoms with Crippen molar-refractivity contribution < 1.29 is 9.59 Å². The Kier molecular flexibility index (Phi) is 5.77. The first-order valence-corrected chi connectivity index (χ1v) is 8.28. The minimum atomic E-state index is -0.103. The molecule has 1 aromatic rings. The molecule has 126 valence electrons. The summed E-state index contributed by atoms with van der Waals surface area (Å²) in [5.74, 6) is -0.0806. The molecule has 1 aliphatic heterocycles. The van der Waals surface area contributed by atoms with Gasteiger partial charge in [-0.1, -0.05) is 13.0 Å². The lowest BCUT2D eigenvalue weighted by molar-refractivity contribution is -0.132. The van der Waals surface area contributed by atoms with E-state index in [9.17, 15) is 9.59 Å². The number of aryl methyl sites for hydroxylation is 2. The summed E-state index contributed by atoms with van der Waals surface area (Å²) in [6.07, 6.45) is 0. The van der Waals surface area contributed by atoms with Crippen LogP contribution < -0.4 is 4.90 Å². The van der Waals surface area contributed by atoms with Gasteiger partial charge in [0.25, 0.3) is 0 Å². The summed E-state index contributed by atoms with van der Waals surface area (Å²) in [5.41, 5.74) is 3.10. The van der Waals surface area contributed by atoms with Crippen molar-refractivity contribution in [3.8, 4) is 0 Å². The molecule has 0 aromatic heterocycles. The Morgan fingerprint density at radius 1 is 1.09 bits per heavy atom. The normalized spacial score (nSPS) is 15.6. The zero-order valence-electron chi connectivity index (χ0n) is 14.6. The van der Waals surface area contributed by atoms with Gasteiger partial charge in [0.15, 0.2) is 0 Å². The van der Waals surface area contributed by atoms with E-state index in [0.717, 1.165) is 44.0 Å². The molecule has 0 atom stereocenters. The highest BCUT2D eigenvalue weighted by Crippen LogP contribution is 2.19. The van der Waals surface area contributed by atoms with Crippen molar-refractivity contribution in [2.75, 3.05) is 44.2 Å². The molecule has 0 aliphatic carbocycles. The Hall–Kier alpha value is -1.88. The number of rotatable bonds is 4. The van der Waals surface area contributed by atoms with E-state index < -0.39 is 0 Å². The third-order valence-corrected chi connectivity index (χ3v) is 4.65. The molecule has 0 N–H and O–H groups in total. The largest absolute Gasteiger partial charge is 0.339 e. The number of nitrogens with zero attached hydrogens (tertiary/aromatic N) is 3. The van der Waals surface area contributed by atoms with Gasteiger partial charge in [-0.25, -0.2) is 0 Å². The molecular weight excluding hydrogens is 290 g/mol. The Labute approximate surface area is 138 Å². The minimum Gasteiger partial charge on any atom is -0.339 e. The molecule has 5 heteroatoms. The van der Waals surface area contributed by atoms with Crippen LogP contribution in [0, 0.1) is 13.8 Å². The van der Waals surface area contributed by atoms with Crippen molar-refractivity contribution in [1.82, 2.24) is 9.80 Å². The van der Waals surface area contributed by atoms with Gasteiger partial charge in [0.05, 0.1) is 0 Å². The van der Waals surface area contributed by atoms with Crippen LogP contribution in [0.1, 0.15) is 25.0 Å². The lowest BCUT2D eigenvalue weighted by Crippen LogP contribution is -2.51. The summed E-state index contributed by atoms with van der Waals surface area (Å²) in [7, 11) is 0. The fourth-order valence-electron chi connectivity index (χ4n) is 2.83. The van der Waals surface area contributed by atoms with Crippen molar-refractivity contribution in [3.63, 3.8) is 0 Å². The van der Waals surface area contributed by atoms with Crippen LogP contribution in [0.2, 0.25) is 0 Å². The number of likely N-dealkylation sites (N-methyl/N-ethyl adjacent to an activating group) is 1. The van der Waals surface area contributed by atoms with Gasteiger partial charge in [-0.05, 0) is 43.7 Å². The number of amides is 2. The summed E-state index contributed by atoms with van der Waals surface area (Å²) in [6.45, 7) is 12.1. The topological polar surface area (TPSA) is 43.9 Å². The molecule has 5 nitrogen and oxygen atoms in total. The van der Waals surface area contributed by atoms with Gasteiger partial charge in [-0.2, -0.15) is 0 Å². The van der Waals surface area contributed by atoms with Crippen LogP contribution in [0.3, 0.4) is 0 Å². The molecule has 1 heterocycles. The number of carbonyl (C=O) groups is 2. The number of anilines is 1. The van der Waals surface area contributed by atoms with Gasteiger partial charge in [0.2, 0.25) is 11.8 Å². The quantitative estimate of drug-likeness (QED) is 0.851. The van der Waals surface area contributed by atoms with Crippen LogP contribution in [0.15, 0.2) is 18.2 Å². The van der Waals surface area contributed by atoms with E-state index >= 15 is 0 Å². The molecule has 2 rings (SSSR count). The lowest BCUT2D eigenvalue weighted by atomic mass is 10.1. The third-order valence-electron chi connectivity index (χ3n) is 4.65. The summed E-state index contributed by atoms with van der Waals surface area (Å²) in [5, 5.41) is 0. The predicted octanol–water partition coefficient (Wildman–Crippen LogP) is 1.82. The van der Waals surface area contributed by atoms with Crippen LogP contribution in [0.5, 0.6) is 0 Å². The van der Waals surface area contributed by atoms with Crippen LogP contribution in [-0.2, 0) is 9.59 Å². The highest BCUT2D eigenvalue weighted by atomic mass is 16.2. The van der Waals surface area contributed by atoms with Crippen LogP contribution in [0.4, 0.5) is 5.69 Å². The Morgan fingerprint density at radius 3 is 2.26 bits per heavy atom. The predicted molar refractivity (Wildman–Crippen MR) is 92.6 cm³/mol. The van der Waals surface area contributed by atoms with Crippen LogP contribution >= 0.6 is 0 Å². The van der Waals surface area contributed by atoms with Gasteiger partial charge in [0.1, 0.15) is 6.54 Å². The summed E-state index contributed by atoms with van der Waals surface area (Å²) in [6, 6.07) is 5.87. The summed E-state index contributed by atoms with van der Waals surface area (Å²) >= 11 is 0. The van der Waals surface area contributed by atoms with Crippen LogP contribution in [-0.4, -0.2) is 60.9 Å². The van der Waals surface area contributed by atoms with E-state index in [-0.39, 0.29) is 18.4 Å². The molecule has 23 heavy (non-hydrogen) atoms. The van der Waals surface area contributed by atoms with Crippen molar-refractivity contribution in [2.45, 2.75) is 27.7 Å². The molecule has 0 radical (unpaired) electrons. The maximum Gasteiger partial charge on any atom is 0.242 e. The maximum atomic E-state index is 12.5. The zero-order valence-corrected chi connectivity index (χ0v) is 14.6. The van der Waals surface area contributed by atoms with E-state index in [1.54, 1.807) is 4.90 Å². The molecule has 0 saturated carbocycles. The van der Waals surface area contributed by atoms with E-state index in [0.29, 0.717) is 0 Å². The summed E-state index contributed by atoms with van der Waals surface area (Å²) in [4.78, 5) is 30.3. The highest BCUT2D eigenvalue weighted by molar-refractivity contribution is 5.97. The van der Waals surface area contributed by atoms with Gasteiger partial charge >= 0.3 is 0 Å². The maximum absolute atomic E-state index is 12.5. The number of hydrogen-bond acceptors (Lipinski definition) is 3. The summed E-state index contributed by atoms with van der Waals surface area (Å²) < 4.78 is 0. The van der Waals surface area contributed by atoms with E-state index in [4.69, 9.17) is 0 Å². The molecule has 0 bridgehead atoms. The molecule has 2 amide bonds. The number of piperazine rings is 1. The molecule has 0 spiro atoms. The van der Waals surface area contributed by atoms with Gasteiger partial charge in [0, 0.05) is 38.8 Å². The fourth-order valence-corrected chi connectivity index (χ4v) is 2.83. The first-order chi connectivity index (χ1) is 10.9. The first kappa shape index (κ1) is 17.5. The second kappa shape index (κ2) is 7.59. The fraction of sp³-hybridized carbons (Fsp3) is 0.556. The first-order valence-electron chi connectivity index (χ1n) is 8.28. The second-order valence-electron chi connectivity index (χ2n) is 6.19. The van der Waals surface area contributed by atoms with Gasteiger partial charge in [-0.3, -0.25) is 9.59 Å². The Balaban J connectivity index is 2.06. The molecule has 0 unspecified atom stereocenters. The third kappa shape index (κ3) is 4.32. The lowest BCUT2D eigenvalue weighted by Gasteiger charge is -2.35. The molecule has 1 saturated heterocycles. The molecular formula is C18H27N3O2. The Morgan fingerprint density at radius 2 is 1.74 bits per heavy atom. The average Bonchev–Trinajstić information content (AvgIpc) is 2.55. The number of hydrogen-bond donors (Lipinski definition) is 0. The monoisotopic (exact) mass is 317 g/mol. The average molecular weight is 317 g/mol. The van der Waals surface area contributed by atoms with Crippen molar-refractivity contribution in [1.29, 1.82) is 0 Å². The SMILES string of the molecule is CCN1CCN(C(=O)CN(C(C)=O)c2ccc(C)c(C)c2)CC1. The molecule has 1 aromatic carbocycles. The van der Waals surface area contributed by atoms with Gasteiger partial charge in [-0.15, -0.1) is 0 Å². The second-order valence-corrected chi connectivity index (χ2v) is 6.19. The molecule has 1 fully saturated rings. The standard InChI is InChI=1S/C18H27N3O2/c1-5-19-8-10-20(11-9-19)18(23)13-21(16(4)22)17-7-6-14(2)15(3)12-17/h6-7,12H,5,8-11,13H2,1-4H3. The van der Waals surface area contributed by atoms with E-state index in [1.807, 2.05) is 36.9 Å². The van der Waals surface area contributed by atoms with Crippen molar-refractivity contribution in [3.05, 3.63) is 29.3 Å². The van der Waals surface area contributed by atoms with Gasteiger partial charge < -0.3 is 14.7 Å². The molecule has 1 aliphatic rings. The Bertz CT molecular complexity index is 578. The zero-order chi connectivity index (χ0) is 17.0. The minimum absolute atomic E-state index is 0.0224. The number of benzene rings is 1. The van der Waals surface area contributed by atoms with E-state index in [1.165, 1.54) is 12.5 Å². The van der Waals surface area contributed by atoms with Crippen molar-refractivity contribution >= 4 is 17.5 Å². The smallest absolute Gasteiger partial charge is 0.242 e. The van der Waals surface area contributed by atoms with Crippen molar-refractivity contribution in [2.24, 2.45) is 0 Å². The van der Waals surface area contributed by atoms with Crippen LogP contribution in [0.25, 0.3) is 0 Å². The number of carbonyl (C=O) groups excluding carboxylic acids is 2. The van der Waals surface area contributed by atoms with E-state index in [2.05, 4.69) is 11.8 Å². The highest BCUT2D eigenvalue weighted by Gasteiger charge is 2.23.